The van der Waals surface area contributed by atoms with Gasteiger partial charge in [0.1, 0.15) is 5.82 Å². The standard InChI is InChI=1S/C21H21N3O5/c1-13(25)23(14(2)26)24-20(22-17-8-6-5-7-16(17)21(24)27)12-15-9-10-18(28-3)19(11-15)29-4/h5-11H,12H2,1-4H3. The third-order valence-corrected chi connectivity index (χ3v) is 4.43. The number of para-hydroxylation sites is 1. The van der Waals surface area contributed by atoms with Gasteiger partial charge in [-0.2, -0.15) is 9.69 Å². The lowest BCUT2D eigenvalue weighted by molar-refractivity contribution is -0.126. The second kappa shape index (κ2) is 8.14. The van der Waals surface area contributed by atoms with Crippen LogP contribution in [0.2, 0.25) is 0 Å². The van der Waals surface area contributed by atoms with E-state index in [4.69, 9.17) is 9.47 Å². The minimum atomic E-state index is -0.578. The van der Waals surface area contributed by atoms with Crippen molar-refractivity contribution >= 4 is 22.7 Å². The highest BCUT2D eigenvalue weighted by Crippen LogP contribution is 2.28. The van der Waals surface area contributed by atoms with Crippen LogP contribution in [-0.2, 0) is 16.0 Å². The van der Waals surface area contributed by atoms with Crippen LogP contribution in [0.5, 0.6) is 11.5 Å². The van der Waals surface area contributed by atoms with Crippen molar-refractivity contribution in [1.29, 1.82) is 0 Å². The van der Waals surface area contributed by atoms with Crippen LogP contribution in [0, 0.1) is 0 Å². The molecule has 0 saturated heterocycles. The van der Waals surface area contributed by atoms with Gasteiger partial charge in [0, 0.05) is 20.3 Å². The maximum atomic E-state index is 13.1. The van der Waals surface area contributed by atoms with Gasteiger partial charge in [-0.25, -0.2) is 4.98 Å². The van der Waals surface area contributed by atoms with E-state index in [1.54, 1.807) is 42.5 Å². The SMILES string of the molecule is COc1ccc(Cc2nc3ccccc3c(=O)n2N(C(C)=O)C(C)=O)cc1OC. The fourth-order valence-corrected chi connectivity index (χ4v) is 3.17. The fourth-order valence-electron chi connectivity index (χ4n) is 3.17. The first-order chi connectivity index (χ1) is 13.9. The molecular formula is C21H21N3O5. The number of nitrogens with zero attached hydrogens (tertiary/aromatic N) is 3. The lowest BCUT2D eigenvalue weighted by Gasteiger charge is -2.23. The number of aromatic nitrogens is 2. The molecule has 0 N–H and O–H groups in total. The van der Waals surface area contributed by atoms with Crippen LogP contribution >= 0.6 is 0 Å². The Labute approximate surface area is 167 Å². The molecule has 0 saturated carbocycles. The molecule has 0 radical (unpaired) electrons. The molecule has 150 valence electrons. The fraction of sp³-hybridized carbons (Fsp3) is 0.238. The number of hydrogen-bond donors (Lipinski definition) is 0. The molecule has 0 aliphatic rings. The molecule has 0 fully saturated rings. The summed E-state index contributed by atoms with van der Waals surface area (Å²) in [5, 5.41) is 1.12. The van der Waals surface area contributed by atoms with E-state index in [1.165, 1.54) is 28.1 Å². The zero-order valence-electron chi connectivity index (χ0n) is 16.6. The molecular weight excluding hydrogens is 374 g/mol. The summed E-state index contributed by atoms with van der Waals surface area (Å²) in [6.07, 6.45) is 0.192. The molecule has 8 heteroatoms. The van der Waals surface area contributed by atoms with Gasteiger partial charge >= 0.3 is 0 Å². The topological polar surface area (TPSA) is 90.7 Å². The summed E-state index contributed by atoms with van der Waals surface area (Å²) in [4.78, 5) is 42.0. The van der Waals surface area contributed by atoms with Gasteiger partial charge in [-0.3, -0.25) is 14.4 Å². The summed E-state index contributed by atoms with van der Waals surface area (Å²) in [6.45, 7) is 2.45. The van der Waals surface area contributed by atoms with Crippen molar-refractivity contribution in [2.24, 2.45) is 0 Å². The summed E-state index contributed by atoms with van der Waals surface area (Å²) in [5.74, 6) is 0.186. The first kappa shape index (κ1) is 20.1. The van der Waals surface area contributed by atoms with Crippen molar-refractivity contribution in [3.05, 3.63) is 64.2 Å². The number of carbonyl (C=O) groups excluding carboxylic acids is 2. The molecule has 0 aliphatic heterocycles. The van der Waals surface area contributed by atoms with Gasteiger partial charge in [0.05, 0.1) is 25.1 Å². The quantitative estimate of drug-likeness (QED) is 0.657. The summed E-state index contributed by atoms with van der Waals surface area (Å²) in [5.41, 5.74) is 0.762. The van der Waals surface area contributed by atoms with E-state index >= 15 is 0 Å². The first-order valence-electron chi connectivity index (χ1n) is 8.90. The van der Waals surface area contributed by atoms with Crippen molar-refractivity contribution < 1.29 is 19.1 Å². The van der Waals surface area contributed by atoms with Crippen LogP contribution in [-0.4, -0.2) is 35.7 Å². The monoisotopic (exact) mass is 395 g/mol. The van der Waals surface area contributed by atoms with Crippen LogP contribution in [0.3, 0.4) is 0 Å². The number of benzene rings is 2. The second-order valence-electron chi connectivity index (χ2n) is 6.38. The van der Waals surface area contributed by atoms with Crippen LogP contribution in [0.4, 0.5) is 0 Å². The van der Waals surface area contributed by atoms with Gasteiger partial charge in [0.25, 0.3) is 5.56 Å². The summed E-state index contributed by atoms with van der Waals surface area (Å²) in [6, 6.07) is 12.1. The molecule has 0 aliphatic carbocycles. The third-order valence-electron chi connectivity index (χ3n) is 4.43. The lowest BCUT2D eigenvalue weighted by Crippen LogP contribution is -2.50. The number of fused-ring (bicyclic) bond motifs is 1. The number of carbonyl (C=O) groups is 2. The molecule has 3 rings (SSSR count). The number of rotatable bonds is 5. The highest BCUT2D eigenvalue weighted by molar-refractivity contribution is 6.06. The number of amides is 2. The van der Waals surface area contributed by atoms with E-state index in [2.05, 4.69) is 4.98 Å². The van der Waals surface area contributed by atoms with Gasteiger partial charge in [-0.15, -0.1) is 0 Å². The maximum absolute atomic E-state index is 13.1. The highest BCUT2D eigenvalue weighted by Gasteiger charge is 2.23. The van der Waals surface area contributed by atoms with Crippen LogP contribution < -0.4 is 20.0 Å². The number of hydrogen-bond acceptors (Lipinski definition) is 6. The number of methoxy groups -OCH3 is 2. The van der Waals surface area contributed by atoms with E-state index in [1.807, 2.05) is 0 Å². The van der Waals surface area contributed by atoms with E-state index in [-0.39, 0.29) is 12.2 Å². The Kier molecular flexibility index (Phi) is 5.63. The van der Waals surface area contributed by atoms with Gasteiger partial charge in [0.2, 0.25) is 11.8 Å². The van der Waals surface area contributed by atoms with E-state index in [0.717, 1.165) is 15.2 Å². The molecule has 0 atom stereocenters. The average Bonchev–Trinajstić information content (AvgIpc) is 2.70. The van der Waals surface area contributed by atoms with Gasteiger partial charge in [-0.1, -0.05) is 18.2 Å². The lowest BCUT2D eigenvalue weighted by atomic mass is 10.1. The average molecular weight is 395 g/mol. The van der Waals surface area contributed by atoms with Crippen molar-refractivity contribution in [2.45, 2.75) is 20.3 Å². The molecule has 8 nitrogen and oxygen atoms in total. The normalized spacial score (nSPS) is 10.6. The highest BCUT2D eigenvalue weighted by atomic mass is 16.5. The molecule has 1 aromatic heterocycles. The van der Waals surface area contributed by atoms with Gasteiger partial charge < -0.3 is 9.47 Å². The smallest absolute Gasteiger partial charge is 0.280 e. The molecule has 1 heterocycles. The zero-order valence-corrected chi connectivity index (χ0v) is 16.6. The molecule has 0 bridgehead atoms. The van der Waals surface area contributed by atoms with Crippen LogP contribution in [0.25, 0.3) is 10.9 Å². The van der Waals surface area contributed by atoms with Crippen molar-refractivity contribution in [1.82, 2.24) is 9.66 Å². The Morgan fingerprint density at radius 2 is 1.66 bits per heavy atom. The molecule has 0 unspecified atom stereocenters. The third kappa shape index (κ3) is 3.82. The van der Waals surface area contributed by atoms with E-state index < -0.39 is 17.4 Å². The minimum absolute atomic E-state index is 0.192. The summed E-state index contributed by atoms with van der Waals surface area (Å²) >= 11 is 0. The maximum Gasteiger partial charge on any atom is 0.280 e. The van der Waals surface area contributed by atoms with E-state index in [9.17, 15) is 14.4 Å². The summed E-state index contributed by atoms with van der Waals surface area (Å²) in [7, 11) is 3.07. The summed E-state index contributed by atoms with van der Waals surface area (Å²) < 4.78 is 11.6. The van der Waals surface area contributed by atoms with Gasteiger partial charge in [-0.05, 0) is 29.8 Å². The van der Waals surface area contributed by atoms with Crippen molar-refractivity contribution in [2.75, 3.05) is 19.2 Å². The Balaban J connectivity index is 2.23. The Hall–Kier alpha value is -3.68. The second-order valence-corrected chi connectivity index (χ2v) is 6.38. The molecule has 2 aromatic carbocycles. The molecule has 3 aromatic rings. The minimum Gasteiger partial charge on any atom is -0.493 e. The largest absolute Gasteiger partial charge is 0.493 e. The van der Waals surface area contributed by atoms with Crippen LogP contribution in [0.15, 0.2) is 47.3 Å². The van der Waals surface area contributed by atoms with Crippen molar-refractivity contribution in [3.63, 3.8) is 0 Å². The number of ether oxygens (including phenoxy) is 2. The predicted molar refractivity (Wildman–Crippen MR) is 108 cm³/mol. The number of imide groups is 1. The zero-order chi connectivity index (χ0) is 21.1. The Morgan fingerprint density at radius 1 is 1.00 bits per heavy atom. The Morgan fingerprint density at radius 3 is 2.28 bits per heavy atom. The molecule has 2 amide bonds. The van der Waals surface area contributed by atoms with Crippen LogP contribution in [0.1, 0.15) is 25.2 Å². The predicted octanol–water partition coefficient (Wildman–Crippen LogP) is 2.04. The van der Waals surface area contributed by atoms with Gasteiger partial charge in [0.15, 0.2) is 11.5 Å². The van der Waals surface area contributed by atoms with Crippen molar-refractivity contribution in [3.8, 4) is 11.5 Å². The first-order valence-corrected chi connectivity index (χ1v) is 8.90. The molecule has 0 spiro atoms. The van der Waals surface area contributed by atoms with E-state index in [0.29, 0.717) is 22.4 Å². The molecule has 29 heavy (non-hydrogen) atoms. The Bertz CT molecular complexity index is 1140.